The molecule has 2 aromatic carbocycles. The fraction of sp³-hybridized carbons (Fsp3) is 0.160. The van der Waals surface area contributed by atoms with Gasteiger partial charge in [-0.05, 0) is 61.2 Å². The summed E-state index contributed by atoms with van der Waals surface area (Å²) in [5.41, 5.74) is 0.847. The van der Waals surface area contributed by atoms with Crippen LogP contribution in [0.5, 0.6) is 11.5 Å². The maximum absolute atomic E-state index is 12.8. The molecule has 37 heavy (non-hydrogen) atoms. The number of furan rings is 1. The maximum Gasteiger partial charge on any atom is 0.294 e. The zero-order valence-corrected chi connectivity index (χ0v) is 20.6. The average Bonchev–Trinajstić information content (AvgIpc) is 3.45. The first-order chi connectivity index (χ1) is 17.8. The molecule has 0 atom stereocenters. The van der Waals surface area contributed by atoms with E-state index in [1.54, 1.807) is 36.4 Å². The Balaban J connectivity index is 1.44. The van der Waals surface area contributed by atoms with Gasteiger partial charge >= 0.3 is 0 Å². The number of rotatable bonds is 9. The Kier molecular flexibility index (Phi) is 7.58. The highest BCUT2D eigenvalue weighted by molar-refractivity contribution is 8.18. The van der Waals surface area contributed by atoms with E-state index in [-0.39, 0.29) is 22.1 Å². The summed E-state index contributed by atoms with van der Waals surface area (Å²) in [5, 5.41) is 13.1. The third-order valence-electron chi connectivity index (χ3n) is 5.19. The van der Waals surface area contributed by atoms with Crippen LogP contribution in [0.2, 0.25) is 0 Å². The van der Waals surface area contributed by atoms with Crippen LogP contribution in [0, 0.1) is 10.1 Å². The second kappa shape index (κ2) is 11.0. The van der Waals surface area contributed by atoms with Crippen molar-refractivity contribution < 1.29 is 33.2 Å². The van der Waals surface area contributed by atoms with E-state index in [1.807, 2.05) is 6.92 Å². The summed E-state index contributed by atoms with van der Waals surface area (Å²) in [7, 11) is 1.38. The molecule has 12 heteroatoms. The van der Waals surface area contributed by atoms with Crippen molar-refractivity contribution >= 4 is 46.3 Å². The Hall–Kier alpha value is -4.58. The molecule has 1 aromatic heterocycles. The number of methoxy groups -OCH3 is 1. The predicted molar refractivity (Wildman–Crippen MR) is 136 cm³/mol. The number of hydrogen-bond donors (Lipinski definition) is 1. The second-order valence-corrected chi connectivity index (χ2v) is 8.61. The summed E-state index contributed by atoms with van der Waals surface area (Å²) in [6, 6.07) is 14.0. The van der Waals surface area contributed by atoms with Gasteiger partial charge in [-0.1, -0.05) is 0 Å². The monoisotopic (exact) mass is 523 g/mol. The molecule has 0 saturated carbocycles. The Morgan fingerprint density at radius 2 is 1.92 bits per heavy atom. The normalized spacial score (nSPS) is 14.2. The summed E-state index contributed by atoms with van der Waals surface area (Å²) in [5.74, 6) is 0.381. The van der Waals surface area contributed by atoms with Crippen molar-refractivity contribution in [1.29, 1.82) is 0 Å². The third kappa shape index (κ3) is 5.81. The summed E-state index contributed by atoms with van der Waals surface area (Å²) in [4.78, 5) is 49.1. The van der Waals surface area contributed by atoms with E-state index in [9.17, 15) is 24.5 Å². The SMILES string of the molecule is CCOc1ccc(NC(=O)CN2C(=O)S/C(=C/c3ccc(-c4ccc([N+](=O)[O-])cc4OC)o3)C2=O)cc1. The van der Waals surface area contributed by atoms with Gasteiger partial charge in [0.25, 0.3) is 16.8 Å². The van der Waals surface area contributed by atoms with Gasteiger partial charge in [0.2, 0.25) is 5.91 Å². The van der Waals surface area contributed by atoms with Crippen LogP contribution in [-0.2, 0) is 9.59 Å². The van der Waals surface area contributed by atoms with Crippen LogP contribution in [0.25, 0.3) is 17.4 Å². The molecule has 0 spiro atoms. The molecule has 0 aliphatic carbocycles. The van der Waals surface area contributed by atoms with Crippen LogP contribution < -0.4 is 14.8 Å². The number of nitrogens with zero attached hydrogens (tertiary/aromatic N) is 2. The van der Waals surface area contributed by atoms with Crippen LogP contribution in [0.4, 0.5) is 16.2 Å². The van der Waals surface area contributed by atoms with Crippen molar-refractivity contribution in [2.24, 2.45) is 0 Å². The molecule has 4 rings (SSSR count). The molecule has 0 bridgehead atoms. The Bertz CT molecular complexity index is 1400. The van der Waals surface area contributed by atoms with Crippen LogP contribution in [-0.4, -0.2) is 47.1 Å². The van der Waals surface area contributed by atoms with Gasteiger partial charge in [0, 0.05) is 17.8 Å². The molecule has 1 aliphatic rings. The molecule has 2 heterocycles. The molecule has 1 fully saturated rings. The highest BCUT2D eigenvalue weighted by atomic mass is 32.2. The number of benzene rings is 2. The van der Waals surface area contributed by atoms with Gasteiger partial charge in [0.15, 0.2) is 0 Å². The highest BCUT2D eigenvalue weighted by Gasteiger charge is 2.36. The number of imide groups is 1. The number of hydrogen-bond acceptors (Lipinski definition) is 9. The summed E-state index contributed by atoms with van der Waals surface area (Å²) >= 11 is 0.693. The van der Waals surface area contributed by atoms with E-state index in [1.165, 1.54) is 31.4 Å². The van der Waals surface area contributed by atoms with E-state index < -0.39 is 28.5 Å². The summed E-state index contributed by atoms with van der Waals surface area (Å²) in [6.45, 7) is 1.93. The molecule has 0 radical (unpaired) electrons. The van der Waals surface area contributed by atoms with Gasteiger partial charge in [-0.3, -0.25) is 29.4 Å². The zero-order chi connectivity index (χ0) is 26.5. The molecule has 1 N–H and O–H groups in total. The topological polar surface area (TPSA) is 141 Å². The predicted octanol–water partition coefficient (Wildman–Crippen LogP) is 4.94. The van der Waals surface area contributed by atoms with Crippen molar-refractivity contribution in [1.82, 2.24) is 4.90 Å². The Morgan fingerprint density at radius 1 is 1.16 bits per heavy atom. The number of non-ortho nitro benzene ring substituents is 1. The highest BCUT2D eigenvalue weighted by Crippen LogP contribution is 2.36. The van der Waals surface area contributed by atoms with Crippen molar-refractivity contribution in [2.75, 3.05) is 25.6 Å². The number of nitrogens with one attached hydrogen (secondary N) is 1. The molecular weight excluding hydrogens is 502 g/mol. The Morgan fingerprint density at radius 3 is 2.59 bits per heavy atom. The van der Waals surface area contributed by atoms with Gasteiger partial charge in [-0.25, -0.2) is 0 Å². The lowest BCUT2D eigenvalue weighted by Crippen LogP contribution is -2.36. The average molecular weight is 524 g/mol. The largest absolute Gasteiger partial charge is 0.496 e. The quantitative estimate of drug-likeness (QED) is 0.234. The number of anilines is 1. The molecule has 11 nitrogen and oxygen atoms in total. The van der Waals surface area contributed by atoms with E-state index >= 15 is 0 Å². The van der Waals surface area contributed by atoms with Crippen LogP contribution in [0.15, 0.2) is 63.9 Å². The van der Waals surface area contributed by atoms with E-state index in [0.717, 1.165) is 4.90 Å². The molecule has 1 saturated heterocycles. The number of ether oxygens (including phenoxy) is 2. The van der Waals surface area contributed by atoms with Crippen LogP contribution in [0.3, 0.4) is 0 Å². The standard InChI is InChI=1S/C25H21N3O8S/c1-3-35-17-7-4-15(5-8-17)26-23(29)14-27-24(30)22(37-25(27)31)13-18-9-11-20(36-18)19-10-6-16(28(32)33)12-21(19)34-2/h4-13H,3,14H2,1-2H3,(H,26,29)/b22-13+. The Labute approximate surface area is 215 Å². The van der Waals surface area contributed by atoms with Crippen LogP contribution in [0.1, 0.15) is 12.7 Å². The number of nitro groups is 1. The number of nitro benzene ring substituents is 1. The molecule has 3 amide bonds. The lowest BCUT2D eigenvalue weighted by molar-refractivity contribution is -0.384. The first-order valence-electron chi connectivity index (χ1n) is 11.0. The lowest BCUT2D eigenvalue weighted by Gasteiger charge is -2.12. The van der Waals surface area contributed by atoms with Crippen molar-refractivity contribution in [3.05, 3.63) is 75.4 Å². The van der Waals surface area contributed by atoms with E-state index in [4.69, 9.17) is 13.9 Å². The van der Waals surface area contributed by atoms with Gasteiger partial charge in [0.1, 0.15) is 29.6 Å². The minimum atomic E-state index is -0.622. The van der Waals surface area contributed by atoms with Gasteiger partial charge in [0.05, 0.1) is 35.2 Å². The minimum absolute atomic E-state index is 0.0930. The van der Waals surface area contributed by atoms with E-state index in [2.05, 4.69) is 5.32 Å². The van der Waals surface area contributed by atoms with Crippen LogP contribution >= 0.6 is 11.8 Å². The van der Waals surface area contributed by atoms with Crippen molar-refractivity contribution in [3.63, 3.8) is 0 Å². The first kappa shape index (κ1) is 25.5. The number of carbonyl (C=O) groups excluding carboxylic acids is 3. The van der Waals surface area contributed by atoms with E-state index in [0.29, 0.717) is 41.1 Å². The summed E-state index contributed by atoms with van der Waals surface area (Å²) < 4.78 is 16.4. The molecule has 0 unspecified atom stereocenters. The smallest absolute Gasteiger partial charge is 0.294 e. The van der Waals surface area contributed by atoms with Gasteiger partial charge in [-0.2, -0.15) is 0 Å². The molecule has 190 valence electrons. The fourth-order valence-electron chi connectivity index (χ4n) is 3.48. The minimum Gasteiger partial charge on any atom is -0.496 e. The maximum atomic E-state index is 12.8. The van der Waals surface area contributed by atoms with Gasteiger partial charge in [-0.15, -0.1) is 0 Å². The lowest BCUT2D eigenvalue weighted by atomic mass is 10.1. The second-order valence-electron chi connectivity index (χ2n) is 7.62. The fourth-order valence-corrected chi connectivity index (χ4v) is 4.30. The van der Waals surface area contributed by atoms with Crippen molar-refractivity contribution in [2.45, 2.75) is 6.92 Å². The summed E-state index contributed by atoms with van der Waals surface area (Å²) in [6.07, 6.45) is 1.40. The number of carbonyl (C=O) groups is 3. The molecule has 1 aliphatic heterocycles. The first-order valence-corrected chi connectivity index (χ1v) is 11.8. The third-order valence-corrected chi connectivity index (χ3v) is 6.09. The zero-order valence-electron chi connectivity index (χ0n) is 19.8. The van der Waals surface area contributed by atoms with Gasteiger partial charge < -0.3 is 19.2 Å². The molecule has 3 aromatic rings. The number of thioether (sulfide) groups is 1. The van der Waals surface area contributed by atoms with Crippen molar-refractivity contribution in [3.8, 4) is 22.8 Å². The number of amides is 3. The molecular formula is C25H21N3O8S.